The molecule has 4 heteroatoms. The van der Waals surface area contributed by atoms with E-state index in [4.69, 9.17) is 15.0 Å². The minimum absolute atomic E-state index is 0.639. The highest BCUT2D eigenvalue weighted by Gasteiger charge is 2.17. The summed E-state index contributed by atoms with van der Waals surface area (Å²) in [5.74, 6) is 1.94. The van der Waals surface area contributed by atoms with Crippen LogP contribution in [0.15, 0.2) is 200 Å². The maximum Gasteiger partial charge on any atom is 0.165 e. The molecule has 0 fully saturated rings. The van der Waals surface area contributed by atoms with Crippen LogP contribution in [-0.2, 0) is 0 Å². The van der Waals surface area contributed by atoms with Crippen LogP contribution in [0.1, 0.15) is 0 Å². The van der Waals surface area contributed by atoms with Gasteiger partial charge in [0.1, 0.15) is 0 Å². The summed E-state index contributed by atoms with van der Waals surface area (Å²) >= 11 is 1.78. The Morgan fingerprint density at radius 1 is 0.273 bits per heavy atom. The molecule has 0 bridgehead atoms. The third-order valence-electron chi connectivity index (χ3n) is 10.2. The minimum atomic E-state index is 0.639. The maximum absolute atomic E-state index is 5.20. The van der Waals surface area contributed by atoms with Crippen LogP contribution in [0, 0.1) is 0 Å². The number of nitrogens with zero attached hydrogens (tertiary/aromatic N) is 3. The van der Waals surface area contributed by atoms with Crippen molar-refractivity contribution in [3.63, 3.8) is 0 Å². The molecule has 0 N–H and O–H groups in total. The molecule has 0 saturated carbocycles. The van der Waals surface area contributed by atoms with Gasteiger partial charge in [-0.2, -0.15) is 0 Å². The molecule has 258 valence electrons. The van der Waals surface area contributed by atoms with Crippen molar-refractivity contribution in [1.29, 1.82) is 0 Å². The normalized spacial score (nSPS) is 11.3. The summed E-state index contributed by atoms with van der Waals surface area (Å²) in [6.07, 6.45) is 0. The van der Waals surface area contributed by atoms with Crippen LogP contribution in [0.3, 0.4) is 0 Å². The zero-order chi connectivity index (χ0) is 36.6. The highest BCUT2D eigenvalue weighted by Crippen LogP contribution is 2.40. The van der Waals surface area contributed by atoms with E-state index in [1.54, 1.807) is 11.3 Å². The number of hydrogen-bond acceptors (Lipinski definition) is 4. The summed E-state index contributed by atoms with van der Waals surface area (Å²) in [5.41, 5.74) is 12.2. The summed E-state index contributed by atoms with van der Waals surface area (Å²) in [7, 11) is 0. The Morgan fingerprint density at radius 2 is 0.673 bits per heavy atom. The van der Waals surface area contributed by atoms with Crippen molar-refractivity contribution in [1.82, 2.24) is 15.0 Å². The van der Waals surface area contributed by atoms with Crippen LogP contribution >= 0.6 is 11.3 Å². The molecule has 10 aromatic rings. The molecule has 8 aromatic carbocycles. The van der Waals surface area contributed by atoms with Crippen molar-refractivity contribution in [2.45, 2.75) is 0 Å². The lowest BCUT2D eigenvalue weighted by molar-refractivity contribution is 1.08. The van der Waals surface area contributed by atoms with E-state index in [-0.39, 0.29) is 0 Å². The first kappa shape index (κ1) is 32.6. The number of rotatable bonds is 7. The fourth-order valence-electron chi connectivity index (χ4n) is 7.32. The summed E-state index contributed by atoms with van der Waals surface area (Å²) in [5, 5.41) is 2.46. The second-order valence-corrected chi connectivity index (χ2v) is 14.7. The van der Waals surface area contributed by atoms with Crippen molar-refractivity contribution in [3.8, 4) is 78.7 Å². The van der Waals surface area contributed by atoms with E-state index in [0.29, 0.717) is 17.5 Å². The minimum Gasteiger partial charge on any atom is -0.208 e. The summed E-state index contributed by atoms with van der Waals surface area (Å²) in [6, 6.07) is 70.5. The lowest BCUT2D eigenvalue weighted by atomic mass is 9.96. The zero-order valence-corrected chi connectivity index (χ0v) is 30.6. The molecule has 0 atom stereocenters. The average molecular weight is 720 g/mol. The van der Waals surface area contributed by atoms with Crippen LogP contribution in [0.4, 0.5) is 0 Å². The molecule has 0 aliphatic carbocycles. The van der Waals surface area contributed by atoms with E-state index < -0.39 is 0 Å². The zero-order valence-electron chi connectivity index (χ0n) is 29.8. The highest BCUT2D eigenvalue weighted by atomic mass is 32.1. The Kier molecular flexibility index (Phi) is 8.36. The van der Waals surface area contributed by atoms with Gasteiger partial charge in [-0.3, -0.25) is 0 Å². The average Bonchev–Trinajstić information content (AvgIpc) is 3.66. The first-order valence-corrected chi connectivity index (χ1v) is 19.2. The van der Waals surface area contributed by atoms with Gasteiger partial charge in [0.15, 0.2) is 17.5 Å². The van der Waals surface area contributed by atoms with Gasteiger partial charge in [-0.15, -0.1) is 11.3 Å². The molecule has 3 nitrogen and oxygen atoms in total. The standard InChI is InChI=1S/C51H33N3S/c1-3-12-34(13-4-1)36-24-26-38(27-25-36)40-16-9-17-41(32-40)42-18-10-19-43(33-42)50-52-49(39-30-28-37(29-31-39)35-14-5-2-6-15-35)53-51(54-50)46-22-11-21-45-44-20-7-8-23-47(44)55-48(45)46/h1-33H. The molecule has 10 rings (SSSR count). The Hall–Kier alpha value is -7.01. The lowest BCUT2D eigenvalue weighted by Crippen LogP contribution is -2.00. The van der Waals surface area contributed by atoms with Crippen LogP contribution in [0.5, 0.6) is 0 Å². The Morgan fingerprint density at radius 3 is 1.31 bits per heavy atom. The van der Waals surface area contributed by atoms with Gasteiger partial charge < -0.3 is 0 Å². The predicted octanol–water partition coefficient (Wildman–Crippen LogP) is 13.9. The van der Waals surface area contributed by atoms with Crippen LogP contribution in [0.2, 0.25) is 0 Å². The van der Waals surface area contributed by atoms with E-state index >= 15 is 0 Å². The largest absolute Gasteiger partial charge is 0.208 e. The third kappa shape index (κ3) is 6.39. The van der Waals surface area contributed by atoms with Gasteiger partial charge in [0.05, 0.1) is 0 Å². The Balaban J connectivity index is 1.06. The topological polar surface area (TPSA) is 38.7 Å². The van der Waals surface area contributed by atoms with Crippen LogP contribution < -0.4 is 0 Å². The van der Waals surface area contributed by atoms with Crippen LogP contribution in [-0.4, -0.2) is 15.0 Å². The number of aromatic nitrogens is 3. The van der Waals surface area contributed by atoms with Crippen molar-refractivity contribution in [2.75, 3.05) is 0 Å². The van der Waals surface area contributed by atoms with Gasteiger partial charge in [0.2, 0.25) is 0 Å². The molecular weight excluding hydrogens is 687 g/mol. The summed E-state index contributed by atoms with van der Waals surface area (Å²) in [6.45, 7) is 0. The van der Waals surface area contributed by atoms with E-state index in [1.807, 2.05) is 6.07 Å². The number of thiophene rings is 1. The molecule has 0 aliphatic heterocycles. The quantitative estimate of drug-likeness (QED) is 0.165. The molecule has 0 unspecified atom stereocenters. The molecular formula is C51H33N3S. The fourth-order valence-corrected chi connectivity index (χ4v) is 8.53. The van der Waals surface area contributed by atoms with E-state index in [2.05, 4.69) is 194 Å². The fraction of sp³-hybridized carbons (Fsp3) is 0. The SMILES string of the molecule is c1ccc(-c2ccc(-c3cccc(-c4cccc(-c5nc(-c6ccc(-c7ccccc7)cc6)nc(-c6cccc7c6sc6ccccc67)n5)c4)c3)cc2)cc1. The van der Waals surface area contributed by atoms with Gasteiger partial charge in [-0.25, -0.2) is 15.0 Å². The number of fused-ring (bicyclic) bond motifs is 3. The van der Waals surface area contributed by atoms with Gasteiger partial charge in [-0.05, 0) is 68.8 Å². The van der Waals surface area contributed by atoms with E-state index in [0.717, 1.165) is 33.4 Å². The predicted molar refractivity (Wildman–Crippen MR) is 231 cm³/mol. The van der Waals surface area contributed by atoms with Crippen LogP contribution in [0.25, 0.3) is 98.8 Å². The van der Waals surface area contributed by atoms with Gasteiger partial charge in [0, 0.05) is 36.9 Å². The maximum atomic E-state index is 5.20. The first-order valence-electron chi connectivity index (χ1n) is 18.4. The molecule has 0 amide bonds. The molecule has 55 heavy (non-hydrogen) atoms. The van der Waals surface area contributed by atoms with E-state index in [1.165, 1.54) is 48.0 Å². The first-order chi connectivity index (χ1) is 27.2. The second-order valence-electron chi connectivity index (χ2n) is 13.6. The Bertz CT molecular complexity index is 2950. The van der Waals surface area contributed by atoms with Crippen molar-refractivity contribution in [2.24, 2.45) is 0 Å². The number of hydrogen-bond donors (Lipinski definition) is 0. The Labute approximate surface area is 323 Å². The molecule has 0 saturated heterocycles. The van der Waals surface area contributed by atoms with Crippen molar-refractivity contribution >= 4 is 31.5 Å². The lowest BCUT2D eigenvalue weighted by Gasteiger charge is -2.11. The summed E-state index contributed by atoms with van der Waals surface area (Å²) < 4.78 is 2.42. The van der Waals surface area contributed by atoms with Crippen molar-refractivity contribution < 1.29 is 0 Å². The van der Waals surface area contributed by atoms with Crippen molar-refractivity contribution in [3.05, 3.63) is 200 Å². The summed E-state index contributed by atoms with van der Waals surface area (Å²) in [4.78, 5) is 15.5. The van der Waals surface area contributed by atoms with Gasteiger partial charge in [-0.1, -0.05) is 176 Å². The van der Waals surface area contributed by atoms with E-state index in [9.17, 15) is 0 Å². The molecule has 2 aromatic heterocycles. The molecule has 2 heterocycles. The molecule has 0 radical (unpaired) electrons. The van der Waals surface area contributed by atoms with Gasteiger partial charge in [0.25, 0.3) is 0 Å². The number of benzene rings is 8. The third-order valence-corrected chi connectivity index (χ3v) is 11.4. The highest BCUT2D eigenvalue weighted by molar-refractivity contribution is 7.26. The monoisotopic (exact) mass is 719 g/mol. The second kappa shape index (κ2) is 14.1. The molecule has 0 aliphatic rings. The molecule has 0 spiro atoms. The smallest absolute Gasteiger partial charge is 0.165 e. The van der Waals surface area contributed by atoms with Gasteiger partial charge >= 0.3 is 0 Å².